The molecule has 7 heteroatoms. The molecule has 0 amide bonds. The molecule has 0 bridgehead atoms. The summed E-state index contributed by atoms with van der Waals surface area (Å²) in [6.45, 7) is 2.39. The average Bonchev–Trinajstić information content (AvgIpc) is 2.41. The van der Waals surface area contributed by atoms with Gasteiger partial charge in [0, 0.05) is 13.1 Å². The maximum Gasteiger partial charge on any atom is 0.243 e. The summed E-state index contributed by atoms with van der Waals surface area (Å²) >= 11 is 0. The van der Waals surface area contributed by atoms with Crippen molar-refractivity contribution in [2.24, 2.45) is 5.92 Å². The van der Waals surface area contributed by atoms with Crippen LogP contribution in [0.25, 0.3) is 0 Å². The van der Waals surface area contributed by atoms with Crippen molar-refractivity contribution in [1.82, 2.24) is 4.31 Å². The standard InChI is InChI=1S/C13H19FN2O3S/c1-9(17)10-4-6-16(7-5-10)20(18,19)11-2-3-13(15)12(14)8-11/h2-3,8-10,17H,4-7,15H2,1H3. The van der Waals surface area contributed by atoms with Crippen molar-refractivity contribution in [3.05, 3.63) is 24.0 Å². The summed E-state index contributed by atoms with van der Waals surface area (Å²) in [5.74, 6) is -0.616. The zero-order valence-corrected chi connectivity index (χ0v) is 12.1. The van der Waals surface area contributed by atoms with Crippen LogP contribution in [0, 0.1) is 11.7 Å². The van der Waals surface area contributed by atoms with Gasteiger partial charge < -0.3 is 10.8 Å². The van der Waals surface area contributed by atoms with Crippen LogP contribution in [0.1, 0.15) is 19.8 Å². The van der Waals surface area contributed by atoms with E-state index in [0.29, 0.717) is 25.9 Å². The number of anilines is 1. The average molecular weight is 302 g/mol. The molecule has 0 aromatic heterocycles. The van der Waals surface area contributed by atoms with Crippen molar-refractivity contribution in [2.75, 3.05) is 18.8 Å². The Morgan fingerprint density at radius 1 is 1.40 bits per heavy atom. The maximum absolute atomic E-state index is 13.4. The monoisotopic (exact) mass is 302 g/mol. The largest absolute Gasteiger partial charge is 0.396 e. The predicted molar refractivity (Wildman–Crippen MR) is 74.0 cm³/mol. The lowest BCUT2D eigenvalue weighted by molar-refractivity contribution is 0.0912. The summed E-state index contributed by atoms with van der Waals surface area (Å²) in [5, 5.41) is 9.52. The summed E-state index contributed by atoms with van der Waals surface area (Å²) in [7, 11) is -3.69. The van der Waals surface area contributed by atoms with E-state index in [1.54, 1.807) is 6.92 Å². The number of hydrogen-bond acceptors (Lipinski definition) is 4. The number of hydrogen-bond donors (Lipinski definition) is 2. The predicted octanol–water partition coefficient (Wildman–Crippen LogP) is 1.19. The van der Waals surface area contributed by atoms with Crippen molar-refractivity contribution in [3.63, 3.8) is 0 Å². The molecule has 1 saturated heterocycles. The fourth-order valence-electron chi connectivity index (χ4n) is 2.42. The molecule has 2 rings (SSSR count). The SMILES string of the molecule is CC(O)C1CCN(S(=O)(=O)c2ccc(N)c(F)c2)CC1. The number of benzene rings is 1. The van der Waals surface area contributed by atoms with E-state index < -0.39 is 21.9 Å². The van der Waals surface area contributed by atoms with E-state index in [9.17, 15) is 17.9 Å². The van der Waals surface area contributed by atoms with Gasteiger partial charge in [-0.1, -0.05) is 0 Å². The van der Waals surface area contributed by atoms with E-state index in [0.717, 1.165) is 6.07 Å². The highest BCUT2D eigenvalue weighted by Crippen LogP contribution is 2.26. The molecule has 1 heterocycles. The van der Waals surface area contributed by atoms with E-state index >= 15 is 0 Å². The first-order chi connectivity index (χ1) is 9.32. The first-order valence-corrected chi connectivity index (χ1v) is 7.99. The van der Waals surface area contributed by atoms with Crippen LogP contribution in [0.4, 0.5) is 10.1 Å². The fourth-order valence-corrected chi connectivity index (χ4v) is 3.90. The third-order valence-electron chi connectivity index (χ3n) is 3.79. The van der Waals surface area contributed by atoms with Crippen LogP contribution in [0.2, 0.25) is 0 Å². The quantitative estimate of drug-likeness (QED) is 0.822. The molecule has 20 heavy (non-hydrogen) atoms. The summed E-state index contributed by atoms with van der Waals surface area (Å²) in [6.07, 6.45) is 0.775. The summed E-state index contributed by atoms with van der Waals surface area (Å²) in [4.78, 5) is -0.0836. The second kappa shape index (κ2) is 5.67. The Morgan fingerprint density at radius 2 is 2.00 bits per heavy atom. The minimum absolute atomic E-state index is 0.0724. The van der Waals surface area contributed by atoms with Crippen molar-refractivity contribution >= 4 is 15.7 Å². The summed E-state index contributed by atoms with van der Waals surface area (Å²) in [6, 6.07) is 3.52. The number of halogens is 1. The molecule has 1 aromatic rings. The zero-order chi connectivity index (χ0) is 14.9. The Kier molecular flexibility index (Phi) is 4.31. The minimum Gasteiger partial charge on any atom is -0.396 e. The number of aliphatic hydroxyl groups is 1. The third-order valence-corrected chi connectivity index (χ3v) is 5.69. The Labute approximate surface area is 118 Å². The van der Waals surface area contributed by atoms with Gasteiger partial charge in [0.2, 0.25) is 10.0 Å². The van der Waals surface area contributed by atoms with Gasteiger partial charge in [0.05, 0.1) is 16.7 Å². The smallest absolute Gasteiger partial charge is 0.243 e. The van der Waals surface area contributed by atoms with Crippen LogP contribution in [-0.4, -0.2) is 37.0 Å². The van der Waals surface area contributed by atoms with Crippen LogP contribution in [0.5, 0.6) is 0 Å². The third kappa shape index (κ3) is 2.94. The number of nitrogen functional groups attached to an aromatic ring is 1. The van der Waals surface area contributed by atoms with Crippen LogP contribution in [-0.2, 0) is 10.0 Å². The number of sulfonamides is 1. The van der Waals surface area contributed by atoms with E-state index in [4.69, 9.17) is 5.73 Å². The molecule has 0 saturated carbocycles. The molecular formula is C13H19FN2O3S. The number of nitrogens with zero attached hydrogens (tertiary/aromatic N) is 1. The van der Waals surface area contributed by atoms with Gasteiger partial charge in [-0.05, 0) is 43.9 Å². The van der Waals surface area contributed by atoms with Crippen LogP contribution >= 0.6 is 0 Å². The Balaban J connectivity index is 2.17. The van der Waals surface area contributed by atoms with Crippen LogP contribution in [0.15, 0.2) is 23.1 Å². The van der Waals surface area contributed by atoms with Gasteiger partial charge in [-0.2, -0.15) is 4.31 Å². The van der Waals surface area contributed by atoms with Gasteiger partial charge in [0.25, 0.3) is 0 Å². The number of nitrogens with two attached hydrogens (primary N) is 1. The molecule has 1 fully saturated rings. The van der Waals surface area contributed by atoms with E-state index in [1.165, 1.54) is 16.4 Å². The van der Waals surface area contributed by atoms with E-state index in [1.807, 2.05) is 0 Å². The molecule has 1 unspecified atom stereocenters. The molecule has 1 aliphatic heterocycles. The Hall–Kier alpha value is -1.18. The molecule has 0 spiro atoms. The van der Waals surface area contributed by atoms with Crippen molar-refractivity contribution < 1.29 is 17.9 Å². The van der Waals surface area contributed by atoms with E-state index in [-0.39, 0.29) is 16.5 Å². The Bertz CT molecular complexity index is 581. The second-order valence-corrected chi connectivity index (χ2v) is 7.10. The van der Waals surface area contributed by atoms with Gasteiger partial charge in [0.1, 0.15) is 5.82 Å². The minimum atomic E-state index is -3.69. The highest BCUT2D eigenvalue weighted by Gasteiger charge is 2.31. The van der Waals surface area contributed by atoms with Crippen molar-refractivity contribution in [1.29, 1.82) is 0 Å². The van der Waals surface area contributed by atoms with Gasteiger partial charge in [-0.3, -0.25) is 0 Å². The first kappa shape index (κ1) is 15.2. The summed E-state index contributed by atoms with van der Waals surface area (Å²) < 4.78 is 39.5. The van der Waals surface area contributed by atoms with E-state index in [2.05, 4.69) is 0 Å². The highest BCUT2D eigenvalue weighted by atomic mass is 32.2. The molecule has 1 aliphatic rings. The summed E-state index contributed by atoms with van der Waals surface area (Å²) in [5.41, 5.74) is 5.28. The van der Waals surface area contributed by atoms with Crippen LogP contribution in [0.3, 0.4) is 0 Å². The molecule has 3 N–H and O–H groups in total. The number of rotatable bonds is 3. The molecule has 0 radical (unpaired) electrons. The zero-order valence-electron chi connectivity index (χ0n) is 11.3. The fraction of sp³-hybridized carbons (Fsp3) is 0.538. The molecular weight excluding hydrogens is 283 g/mol. The van der Waals surface area contributed by atoms with Crippen LogP contribution < -0.4 is 5.73 Å². The normalized spacial score (nSPS) is 19.9. The Morgan fingerprint density at radius 3 is 2.50 bits per heavy atom. The highest BCUT2D eigenvalue weighted by molar-refractivity contribution is 7.89. The molecule has 5 nitrogen and oxygen atoms in total. The number of piperidine rings is 1. The van der Waals surface area contributed by atoms with Gasteiger partial charge >= 0.3 is 0 Å². The molecule has 1 aromatic carbocycles. The maximum atomic E-state index is 13.4. The lowest BCUT2D eigenvalue weighted by Gasteiger charge is -2.32. The van der Waals surface area contributed by atoms with Gasteiger partial charge in [0.15, 0.2) is 0 Å². The molecule has 0 aliphatic carbocycles. The van der Waals surface area contributed by atoms with Crippen molar-refractivity contribution in [3.8, 4) is 0 Å². The molecule has 112 valence electrons. The van der Waals surface area contributed by atoms with Gasteiger partial charge in [-0.15, -0.1) is 0 Å². The van der Waals surface area contributed by atoms with Gasteiger partial charge in [-0.25, -0.2) is 12.8 Å². The first-order valence-electron chi connectivity index (χ1n) is 6.55. The molecule has 1 atom stereocenters. The number of aliphatic hydroxyl groups excluding tert-OH is 1. The second-order valence-electron chi connectivity index (χ2n) is 5.17. The lowest BCUT2D eigenvalue weighted by Crippen LogP contribution is -2.40. The van der Waals surface area contributed by atoms with Crippen molar-refractivity contribution in [2.45, 2.75) is 30.8 Å². The lowest BCUT2D eigenvalue weighted by atomic mass is 9.93. The topological polar surface area (TPSA) is 83.6 Å².